The number of para-hydroxylation sites is 1. The van der Waals surface area contributed by atoms with E-state index in [1.165, 1.54) is 6.61 Å². The second-order valence-corrected chi connectivity index (χ2v) is 1.91. The summed E-state index contributed by atoms with van der Waals surface area (Å²) in [5.74, 6) is 0.240. The van der Waals surface area contributed by atoms with Crippen LogP contribution < -0.4 is 0 Å². The van der Waals surface area contributed by atoms with Gasteiger partial charge in [0.2, 0.25) is 0 Å². The molecule has 0 unspecified atom stereocenters. The highest BCUT2D eigenvalue weighted by molar-refractivity contribution is 5.35. The second-order valence-electron chi connectivity index (χ2n) is 1.91. The fourth-order valence-electron chi connectivity index (χ4n) is 0.714. The van der Waals surface area contributed by atoms with Crippen molar-refractivity contribution >= 4 is 0 Å². The summed E-state index contributed by atoms with van der Waals surface area (Å²) in [6, 6.07) is 7.00. The number of hydrogen-bond acceptors (Lipinski definition) is 2. The van der Waals surface area contributed by atoms with Crippen molar-refractivity contribution in [1.82, 2.24) is 0 Å². The van der Waals surface area contributed by atoms with Crippen LogP contribution in [0.5, 0.6) is 5.75 Å². The molecule has 0 bridgehead atoms. The van der Waals surface area contributed by atoms with Gasteiger partial charge in [-0.3, -0.25) is 0 Å². The van der Waals surface area contributed by atoms with Crippen LogP contribution in [0.1, 0.15) is 5.56 Å². The lowest BCUT2D eigenvalue weighted by Crippen LogP contribution is -1.83. The van der Waals surface area contributed by atoms with E-state index in [9.17, 15) is 0 Å². The van der Waals surface area contributed by atoms with Crippen LogP contribution in [0.15, 0.2) is 24.3 Å². The highest BCUT2D eigenvalue weighted by atomic mass is 16.5. The molecule has 1 aromatic carbocycles. The number of methoxy groups -OCH3 is 1. The van der Waals surface area contributed by atoms with Gasteiger partial charge in [-0.1, -0.05) is 18.2 Å². The first-order chi connectivity index (χ1) is 4.84. The monoisotopic (exact) mass is 137 g/mol. The molecule has 0 aromatic heterocycles. The standard InChI is InChI=1S/C8H9O2/c1-10-6-7-4-2-3-5-8(7)9/h2-6,9H,1H3. The summed E-state index contributed by atoms with van der Waals surface area (Å²) in [6.45, 7) is 1.50. The molecule has 0 saturated carbocycles. The Kier molecular flexibility index (Phi) is 2.29. The molecule has 0 fully saturated rings. The van der Waals surface area contributed by atoms with Crippen molar-refractivity contribution in [3.8, 4) is 5.75 Å². The molecule has 0 aliphatic carbocycles. The van der Waals surface area contributed by atoms with E-state index in [4.69, 9.17) is 9.84 Å². The van der Waals surface area contributed by atoms with Crippen molar-refractivity contribution in [2.75, 3.05) is 7.11 Å². The van der Waals surface area contributed by atoms with Gasteiger partial charge in [0.25, 0.3) is 0 Å². The summed E-state index contributed by atoms with van der Waals surface area (Å²) in [5.41, 5.74) is 0.699. The van der Waals surface area contributed by atoms with E-state index in [0.29, 0.717) is 5.56 Å². The molecule has 0 aliphatic heterocycles. The van der Waals surface area contributed by atoms with E-state index >= 15 is 0 Å². The molecule has 2 nitrogen and oxygen atoms in total. The Labute approximate surface area is 60.1 Å². The van der Waals surface area contributed by atoms with Gasteiger partial charge in [-0.25, -0.2) is 0 Å². The van der Waals surface area contributed by atoms with Gasteiger partial charge in [0, 0.05) is 12.7 Å². The summed E-state index contributed by atoms with van der Waals surface area (Å²) in [5, 5.41) is 9.13. The van der Waals surface area contributed by atoms with Crippen molar-refractivity contribution in [1.29, 1.82) is 0 Å². The number of phenolic OH excluding ortho intramolecular Hbond substituents is 1. The third kappa shape index (κ3) is 1.48. The van der Waals surface area contributed by atoms with Crippen LogP contribution in [-0.4, -0.2) is 12.2 Å². The molecule has 0 saturated heterocycles. The maximum Gasteiger partial charge on any atom is 0.121 e. The first kappa shape index (κ1) is 7.09. The number of hydrogen-bond donors (Lipinski definition) is 1. The topological polar surface area (TPSA) is 29.5 Å². The fraction of sp³-hybridized carbons (Fsp3) is 0.125. The van der Waals surface area contributed by atoms with Crippen molar-refractivity contribution in [3.05, 3.63) is 36.4 Å². The maximum absolute atomic E-state index is 9.13. The first-order valence-corrected chi connectivity index (χ1v) is 2.98. The summed E-state index contributed by atoms with van der Waals surface area (Å²) in [6.07, 6.45) is 0. The maximum atomic E-state index is 9.13. The second kappa shape index (κ2) is 3.22. The van der Waals surface area contributed by atoms with Gasteiger partial charge in [-0.05, 0) is 6.07 Å². The Morgan fingerprint density at radius 3 is 2.70 bits per heavy atom. The Balaban J connectivity index is 2.81. The molecule has 10 heavy (non-hydrogen) atoms. The molecule has 0 heterocycles. The van der Waals surface area contributed by atoms with Crippen molar-refractivity contribution in [3.63, 3.8) is 0 Å². The number of aromatic hydroxyl groups is 1. The van der Waals surface area contributed by atoms with Crippen molar-refractivity contribution in [2.24, 2.45) is 0 Å². The number of ether oxygens (including phenoxy) is 1. The van der Waals surface area contributed by atoms with E-state index < -0.39 is 0 Å². The van der Waals surface area contributed by atoms with Gasteiger partial charge in [-0.2, -0.15) is 0 Å². The Morgan fingerprint density at radius 1 is 1.40 bits per heavy atom. The molecule has 0 spiro atoms. The van der Waals surface area contributed by atoms with Crippen LogP contribution in [0.4, 0.5) is 0 Å². The van der Waals surface area contributed by atoms with Gasteiger partial charge in [0.05, 0.1) is 0 Å². The number of benzene rings is 1. The molecule has 0 atom stereocenters. The molecule has 0 aliphatic rings. The molecule has 53 valence electrons. The minimum absolute atomic E-state index is 0.240. The normalized spacial score (nSPS) is 9.70. The molecule has 0 amide bonds. The predicted molar refractivity (Wildman–Crippen MR) is 38.5 cm³/mol. The van der Waals surface area contributed by atoms with E-state index in [-0.39, 0.29) is 5.75 Å². The van der Waals surface area contributed by atoms with Crippen molar-refractivity contribution in [2.45, 2.75) is 0 Å². The Hall–Kier alpha value is -1.02. The van der Waals surface area contributed by atoms with Gasteiger partial charge in [-0.15, -0.1) is 0 Å². The number of rotatable bonds is 2. The highest BCUT2D eigenvalue weighted by Crippen LogP contribution is 2.16. The zero-order valence-corrected chi connectivity index (χ0v) is 5.74. The summed E-state index contributed by atoms with van der Waals surface area (Å²) >= 11 is 0. The lowest BCUT2D eigenvalue weighted by molar-refractivity contribution is 0.289. The van der Waals surface area contributed by atoms with Gasteiger partial charge in [0.1, 0.15) is 12.4 Å². The fourth-order valence-corrected chi connectivity index (χ4v) is 0.714. The molecular formula is C8H9O2. The van der Waals surface area contributed by atoms with Crippen LogP contribution in [0.3, 0.4) is 0 Å². The van der Waals surface area contributed by atoms with Gasteiger partial charge < -0.3 is 9.84 Å². The minimum atomic E-state index is 0.240. The number of phenols is 1. The zero-order valence-electron chi connectivity index (χ0n) is 5.74. The Bertz CT molecular complexity index is 208. The van der Waals surface area contributed by atoms with Crippen LogP contribution in [0.25, 0.3) is 0 Å². The van der Waals surface area contributed by atoms with E-state index in [0.717, 1.165) is 0 Å². The quantitative estimate of drug-likeness (QED) is 0.670. The van der Waals surface area contributed by atoms with Crippen LogP contribution in [-0.2, 0) is 4.74 Å². The van der Waals surface area contributed by atoms with Gasteiger partial charge in [0.15, 0.2) is 0 Å². The average molecular weight is 137 g/mol. The SMILES string of the molecule is CO[CH]c1ccccc1O. The van der Waals surface area contributed by atoms with E-state index in [1.807, 2.05) is 6.07 Å². The lowest BCUT2D eigenvalue weighted by atomic mass is 10.2. The van der Waals surface area contributed by atoms with Crippen LogP contribution in [0.2, 0.25) is 0 Å². The third-order valence-corrected chi connectivity index (χ3v) is 1.18. The summed E-state index contributed by atoms with van der Waals surface area (Å²) < 4.78 is 4.72. The highest BCUT2D eigenvalue weighted by Gasteiger charge is 1.96. The molecule has 1 rings (SSSR count). The minimum Gasteiger partial charge on any atom is -0.508 e. The predicted octanol–water partition coefficient (Wildman–Crippen LogP) is 1.55. The molecule has 1 N–H and O–H groups in total. The first-order valence-electron chi connectivity index (χ1n) is 2.98. The largest absolute Gasteiger partial charge is 0.508 e. The van der Waals surface area contributed by atoms with Crippen LogP contribution >= 0.6 is 0 Å². The van der Waals surface area contributed by atoms with Crippen LogP contribution in [0, 0.1) is 6.61 Å². The molecular weight excluding hydrogens is 128 g/mol. The Morgan fingerprint density at radius 2 is 2.10 bits per heavy atom. The molecule has 1 radical (unpaired) electrons. The van der Waals surface area contributed by atoms with E-state index in [1.54, 1.807) is 25.3 Å². The molecule has 2 heteroatoms. The summed E-state index contributed by atoms with van der Waals surface area (Å²) in [4.78, 5) is 0. The smallest absolute Gasteiger partial charge is 0.121 e. The van der Waals surface area contributed by atoms with E-state index in [2.05, 4.69) is 0 Å². The zero-order chi connectivity index (χ0) is 7.40. The van der Waals surface area contributed by atoms with Gasteiger partial charge >= 0.3 is 0 Å². The van der Waals surface area contributed by atoms with Crippen molar-refractivity contribution < 1.29 is 9.84 Å². The third-order valence-electron chi connectivity index (χ3n) is 1.18. The average Bonchev–Trinajstić information content (AvgIpc) is 1.94. The molecule has 1 aromatic rings. The summed E-state index contributed by atoms with van der Waals surface area (Å²) in [7, 11) is 1.55. The lowest BCUT2D eigenvalue weighted by Gasteiger charge is -1.99.